The highest BCUT2D eigenvalue weighted by Crippen LogP contribution is 2.42. The van der Waals surface area contributed by atoms with E-state index < -0.39 is 0 Å². The van der Waals surface area contributed by atoms with E-state index in [9.17, 15) is 9.90 Å². The number of aromatic nitrogens is 3. The largest absolute Gasteiger partial charge is 0.390 e. The molecular formula is C16H16N4O2S. The summed E-state index contributed by atoms with van der Waals surface area (Å²) in [6, 6.07) is 7.43. The van der Waals surface area contributed by atoms with E-state index in [1.165, 1.54) is 19.8 Å². The second kappa shape index (κ2) is 5.43. The van der Waals surface area contributed by atoms with E-state index in [1.807, 2.05) is 24.3 Å². The molecular weight excluding hydrogens is 312 g/mol. The summed E-state index contributed by atoms with van der Waals surface area (Å²) < 4.78 is 1.76. The maximum Gasteiger partial charge on any atom is 0.221 e. The number of hydrogen-bond donors (Lipinski definition) is 2. The maximum absolute atomic E-state index is 11.1. The van der Waals surface area contributed by atoms with Crippen molar-refractivity contribution in [3.05, 3.63) is 35.0 Å². The van der Waals surface area contributed by atoms with Crippen LogP contribution >= 0.6 is 11.3 Å². The van der Waals surface area contributed by atoms with Gasteiger partial charge in [-0.25, -0.2) is 9.50 Å². The predicted octanol–water partition coefficient (Wildman–Crippen LogP) is 2.79. The number of nitrogens with one attached hydrogen (secondary N) is 1. The van der Waals surface area contributed by atoms with Crippen LogP contribution in [-0.4, -0.2) is 25.6 Å². The number of aliphatic hydroxyl groups excluding tert-OH is 1. The van der Waals surface area contributed by atoms with E-state index >= 15 is 0 Å². The summed E-state index contributed by atoms with van der Waals surface area (Å²) in [4.78, 5) is 16.5. The maximum atomic E-state index is 11.1. The number of fused-ring (bicyclic) bond motifs is 1. The van der Waals surface area contributed by atoms with Crippen LogP contribution in [0.15, 0.2) is 24.3 Å². The molecule has 0 spiro atoms. The number of anilines is 1. The molecule has 6 nitrogen and oxygen atoms in total. The molecule has 4 rings (SSSR count). The van der Waals surface area contributed by atoms with Crippen molar-refractivity contribution in [2.45, 2.75) is 32.3 Å². The second-order valence-corrected chi connectivity index (χ2v) is 6.72. The van der Waals surface area contributed by atoms with Crippen LogP contribution in [0, 0.1) is 0 Å². The van der Waals surface area contributed by atoms with Crippen molar-refractivity contribution >= 4 is 27.9 Å². The first-order chi connectivity index (χ1) is 11.2. The molecule has 1 amide bonds. The minimum Gasteiger partial charge on any atom is -0.390 e. The quantitative estimate of drug-likeness (QED) is 0.772. The van der Waals surface area contributed by atoms with Gasteiger partial charge in [0.05, 0.1) is 18.0 Å². The number of amides is 1. The van der Waals surface area contributed by atoms with Gasteiger partial charge in [-0.15, -0.1) is 0 Å². The minimum atomic E-state index is -0.113. The molecule has 0 saturated heterocycles. The Morgan fingerprint density at radius 1 is 1.39 bits per heavy atom. The van der Waals surface area contributed by atoms with Gasteiger partial charge in [0.25, 0.3) is 0 Å². The van der Waals surface area contributed by atoms with Crippen LogP contribution in [0.2, 0.25) is 0 Å². The van der Waals surface area contributed by atoms with Crippen LogP contribution in [0.4, 0.5) is 5.69 Å². The van der Waals surface area contributed by atoms with Gasteiger partial charge in [0.15, 0.2) is 0 Å². The van der Waals surface area contributed by atoms with Gasteiger partial charge in [-0.05, 0) is 25.0 Å². The van der Waals surface area contributed by atoms with Crippen molar-refractivity contribution < 1.29 is 9.90 Å². The molecule has 0 atom stereocenters. The summed E-state index contributed by atoms with van der Waals surface area (Å²) in [5.41, 5.74) is 3.08. The Bertz CT molecular complexity index is 878. The van der Waals surface area contributed by atoms with Crippen LogP contribution in [0.3, 0.4) is 0 Å². The van der Waals surface area contributed by atoms with Crippen molar-refractivity contribution in [3.8, 4) is 11.3 Å². The fraction of sp³-hybridized carbons (Fsp3) is 0.312. The smallest absolute Gasteiger partial charge is 0.221 e. The summed E-state index contributed by atoms with van der Waals surface area (Å²) in [7, 11) is 0. The van der Waals surface area contributed by atoms with E-state index in [0.717, 1.165) is 26.9 Å². The highest BCUT2D eigenvalue weighted by atomic mass is 32.1. The number of carbonyl (C=O) groups is 1. The molecule has 3 aromatic rings. The highest BCUT2D eigenvalue weighted by Gasteiger charge is 2.29. The standard InChI is InChI=1S/C16H16N4O2S/c1-9(22)17-12-6-4-10(5-7-12)14-13(8-21)20-16(18-14)23-15(19-20)11-2-3-11/h4-7,11,21H,2-3,8H2,1H3,(H,17,22). The third kappa shape index (κ3) is 2.62. The molecule has 118 valence electrons. The lowest BCUT2D eigenvalue weighted by atomic mass is 10.1. The molecule has 1 aliphatic carbocycles. The van der Waals surface area contributed by atoms with Gasteiger partial charge < -0.3 is 10.4 Å². The van der Waals surface area contributed by atoms with Crippen LogP contribution < -0.4 is 5.32 Å². The summed E-state index contributed by atoms with van der Waals surface area (Å²) in [5.74, 6) is 0.474. The Morgan fingerprint density at radius 2 is 2.13 bits per heavy atom. The van der Waals surface area contributed by atoms with Gasteiger partial charge in [-0.3, -0.25) is 4.79 Å². The molecule has 1 aromatic carbocycles. The summed E-state index contributed by atoms with van der Waals surface area (Å²) in [6.45, 7) is 1.36. The van der Waals surface area contributed by atoms with Gasteiger partial charge in [0, 0.05) is 24.1 Å². The number of nitrogens with zero attached hydrogens (tertiary/aromatic N) is 3. The van der Waals surface area contributed by atoms with Crippen molar-refractivity contribution in [1.82, 2.24) is 14.6 Å². The number of carbonyl (C=O) groups excluding carboxylic acids is 1. The highest BCUT2D eigenvalue weighted by molar-refractivity contribution is 7.16. The Balaban J connectivity index is 1.72. The van der Waals surface area contributed by atoms with E-state index in [2.05, 4.69) is 15.4 Å². The average Bonchev–Trinajstić information content (AvgIpc) is 3.20. The lowest BCUT2D eigenvalue weighted by molar-refractivity contribution is -0.114. The third-order valence-electron chi connectivity index (χ3n) is 3.87. The van der Waals surface area contributed by atoms with Gasteiger partial charge in [-0.1, -0.05) is 23.5 Å². The fourth-order valence-electron chi connectivity index (χ4n) is 2.59. The lowest BCUT2D eigenvalue weighted by Gasteiger charge is -2.04. The number of aliphatic hydroxyl groups is 1. The molecule has 1 saturated carbocycles. The van der Waals surface area contributed by atoms with E-state index in [0.29, 0.717) is 11.6 Å². The number of benzene rings is 1. The zero-order valence-corrected chi connectivity index (χ0v) is 13.4. The molecule has 0 radical (unpaired) electrons. The van der Waals surface area contributed by atoms with Gasteiger partial charge in [0.1, 0.15) is 5.01 Å². The molecule has 0 bridgehead atoms. The molecule has 1 fully saturated rings. The average molecular weight is 328 g/mol. The Kier molecular flexibility index (Phi) is 3.39. The zero-order valence-electron chi connectivity index (χ0n) is 12.6. The minimum absolute atomic E-state index is 0.104. The summed E-state index contributed by atoms with van der Waals surface area (Å²) in [5, 5.41) is 18.2. The molecule has 1 aliphatic rings. The molecule has 2 aromatic heterocycles. The van der Waals surface area contributed by atoms with Crippen molar-refractivity contribution in [2.75, 3.05) is 5.32 Å². The van der Waals surface area contributed by atoms with Gasteiger partial charge in [-0.2, -0.15) is 5.10 Å². The van der Waals surface area contributed by atoms with Crippen LogP contribution in [-0.2, 0) is 11.4 Å². The van der Waals surface area contributed by atoms with Crippen LogP contribution in [0.25, 0.3) is 16.2 Å². The first-order valence-corrected chi connectivity index (χ1v) is 8.34. The second-order valence-electron chi connectivity index (χ2n) is 5.73. The number of hydrogen-bond acceptors (Lipinski definition) is 5. The summed E-state index contributed by atoms with van der Waals surface area (Å²) >= 11 is 1.60. The fourth-order valence-corrected chi connectivity index (χ4v) is 3.67. The predicted molar refractivity (Wildman–Crippen MR) is 88.5 cm³/mol. The van der Waals surface area contributed by atoms with Crippen molar-refractivity contribution in [3.63, 3.8) is 0 Å². The lowest BCUT2D eigenvalue weighted by Crippen LogP contribution is -2.05. The molecule has 2 heterocycles. The Hall–Kier alpha value is -2.25. The first kappa shape index (κ1) is 14.3. The normalized spacial score (nSPS) is 14.3. The summed E-state index contributed by atoms with van der Waals surface area (Å²) in [6.07, 6.45) is 2.39. The topological polar surface area (TPSA) is 79.5 Å². The van der Waals surface area contributed by atoms with E-state index in [4.69, 9.17) is 0 Å². The third-order valence-corrected chi connectivity index (χ3v) is 4.94. The van der Waals surface area contributed by atoms with Crippen LogP contribution in [0.1, 0.15) is 36.4 Å². The molecule has 2 N–H and O–H groups in total. The number of imidazole rings is 1. The van der Waals surface area contributed by atoms with Crippen LogP contribution in [0.5, 0.6) is 0 Å². The van der Waals surface area contributed by atoms with Gasteiger partial charge in [0.2, 0.25) is 10.9 Å². The van der Waals surface area contributed by atoms with E-state index in [-0.39, 0.29) is 12.5 Å². The van der Waals surface area contributed by atoms with Gasteiger partial charge >= 0.3 is 0 Å². The molecule has 23 heavy (non-hydrogen) atoms. The Labute approximate surface area is 136 Å². The Morgan fingerprint density at radius 3 is 2.74 bits per heavy atom. The molecule has 0 aliphatic heterocycles. The first-order valence-electron chi connectivity index (χ1n) is 7.53. The SMILES string of the molecule is CC(=O)Nc1ccc(-c2nc3sc(C4CC4)nn3c2CO)cc1. The molecule has 0 unspecified atom stereocenters. The monoisotopic (exact) mass is 328 g/mol. The van der Waals surface area contributed by atoms with E-state index in [1.54, 1.807) is 15.9 Å². The zero-order chi connectivity index (χ0) is 16.0. The van der Waals surface area contributed by atoms with Crippen molar-refractivity contribution in [1.29, 1.82) is 0 Å². The molecule has 7 heteroatoms. The number of rotatable bonds is 4. The van der Waals surface area contributed by atoms with Crippen molar-refractivity contribution in [2.24, 2.45) is 0 Å².